The van der Waals surface area contributed by atoms with Crippen molar-refractivity contribution in [1.29, 1.82) is 0 Å². The second-order valence-corrected chi connectivity index (χ2v) is 25.6. The lowest BCUT2D eigenvalue weighted by molar-refractivity contribution is 0.0628. The average molecular weight is 505 g/mol. The maximum Gasteiger partial charge on any atom is 0.0288 e. The molecule has 4 saturated carbocycles. The molecule has 192 valence electrons. The van der Waals surface area contributed by atoms with Crippen molar-refractivity contribution in [3.8, 4) is 0 Å². The largest absolute Gasteiger partial charge is 0.0761 e. The van der Waals surface area contributed by atoms with Crippen molar-refractivity contribution < 1.29 is 0 Å². The maximum absolute atomic E-state index is 2.90. The standard InChI is InChI=1S/C33H52Si2/c1-5-6-10-23-15-17-26(20-23)34(3)35(4)33-22(2)19-30-31(33)21-25-12-9-14-28(25)32(30)29-18-16-24-11-7-8-13-27(24)29/h7-8,11,13,16,18,22-23,25-26,28-35H,5-6,9-10,12,14-15,17,19-21H2,1-4H3. The van der Waals surface area contributed by atoms with Crippen molar-refractivity contribution in [2.24, 2.45) is 41.4 Å². The van der Waals surface area contributed by atoms with Crippen molar-refractivity contribution in [2.75, 3.05) is 0 Å². The Morgan fingerprint density at radius 1 is 0.886 bits per heavy atom. The molecule has 0 aromatic heterocycles. The van der Waals surface area contributed by atoms with E-state index in [1.807, 2.05) is 0 Å². The summed E-state index contributed by atoms with van der Waals surface area (Å²) in [7, 11) is -1.24. The molecular weight excluding hydrogens is 453 g/mol. The summed E-state index contributed by atoms with van der Waals surface area (Å²) in [6.45, 7) is 10.9. The van der Waals surface area contributed by atoms with Gasteiger partial charge < -0.3 is 0 Å². The van der Waals surface area contributed by atoms with E-state index in [1.165, 1.54) is 48.7 Å². The molecule has 0 saturated heterocycles. The Morgan fingerprint density at radius 2 is 1.74 bits per heavy atom. The highest BCUT2D eigenvalue weighted by atomic mass is 29.2. The minimum absolute atomic E-state index is 0.585. The van der Waals surface area contributed by atoms with Gasteiger partial charge in [0.25, 0.3) is 0 Å². The quantitative estimate of drug-likeness (QED) is 0.325. The van der Waals surface area contributed by atoms with Gasteiger partial charge in [-0.25, -0.2) is 0 Å². The molecule has 0 amide bonds. The maximum atomic E-state index is 2.90. The van der Waals surface area contributed by atoms with Crippen LogP contribution in [0.1, 0.15) is 102 Å². The highest BCUT2D eigenvalue weighted by Gasteiger charge is 2.56. The molecule has 35 heavy (non-hydrogen) atoms. The van der Waals surface area contributed by atoms with Gasteiger partial charge in [0.2, 0.25) is 0 Å². The monoisotopic (exact) mass is 504 g/mol. The van der Waals surface area contributed by atoms with Gasteiger partial charge in [-0.15, -0.1) is 0 Å². The second-order valence-electron chi connectivity index (χ2n) is 14.1. The van der Waals surface area contributed by atoms with Crippen LogP contribution in [0.15, 0.2) is 30.3 Å². The normalized spacial score (nSPS) is 43.7. The zero-order chi connectivity index (χ0) is 24.1. The van der Waals surface area contributed by atoms with Gasteiger partial charge in [-0.1, -0.05) is 120 Å². The van der Waals surface area contributed by atoms with Gasteiger partial charge in [-0.05, 0) is 77.4 Å². The van der Waals surface area contributed by atoms with Crippen LogP contribution >= 0.6 is 0 Å². The number of allylic oxidation sites excluding steroid dienone is 1. The zero-order valence-corrected chi connectivity index (χ0v) is 25.5. The summed E-state index contributed by atoms with van der Waals surface area (Å²) in [5.41, 5.74) is 5.57. The first-order valence-electron chi connectivity index (χ1n) is 15.8. The van der Waals surface area contributed by atoms with Gasteiger partial charge in [-0.3, -0.25) is 0 Å². The molecule has 1 aromatic rings. The molecule has 1 aromatic carbocycles. The summed E-state index contributed by atoms with van der Waals surface area (Å²) in [4.78, 5) is 0. The van der Waals surface area contributed by atoms with Crippen molar-refractivity contribution in [3.05, 3.63) is 41.5 Å². The summed E-state index contributed by atoms with van der Waals surface area (Å²) >= 11 is 0. The Balaban J connectivity index is 1.22. The summed E-state index contributed by atoms with van der Waals surface area (Å²) in [6, 6.07) is 9.40. The third kappa shape index (κ3) is 4.41. The lowest BCUT2D eigenvalue weighted by Crippen LogP contribution is -2.45. The first kappa shape index (κ1) is 24.7. The molecule has 0 aliphatic heterocycles. The summed E-state index contributed by atoms with van der Waals surface area (Å²) in [5, 5.41) is 0. The Hall–Kier alpha value is -0.606. The highest BCUT2D eigenvalue weighted by Crippen LogP contribution is 2.64. The Bertz CT molecular complexity index is 906. The van der Waals surface area contributed by atoms with Crippen LogP contribution in [0.4, 0.5) is 0 Å². The Kier molecular flexibility index (Phi) is 7.26. The van der Waals surface area contributed by atoms with Crippen molar-refractivity contribution >= 4 is 22.7 Å². The van der Waals surface area contributed by atoms with Gasteiger partial charge in [0.05, 0.1) is 0 Å². The van der Waals surface area contributed by atoms with E-state index in [0.717, 1.165) is 47.3 Å². The molecule has 5 aliphatic carbocycles. The van der Waals surface area contributed by atoms with Crippen LogP contribution in [0.2, 0.25) is 24.2 Å². The van der Waals surface area contributed by atoms with E-state index in [9.17, 15) is 0 Å². The molecule has 12 atom stereocenters. The topological polar surface area (TPSA) is 0 Å². The fourth-order valence-electron chi connectivity index (χ4n) is 11.0. The SMILES string of the molecule is CCCCC1CCC([SiH](C)[SiH](C)C2C(C)CC3C2CC2CCCC2C3C2C=Cc3ccccc32)C1. The molecule has 0 heterocycles. The van der Waals surface area contributed by atoms with E-state index < -0.39 is 16.6 Å². The third-order valence-electron chi connectivity index (χ3n) is 12.6. The van der Waals surface area contributed by atoms with E-state index >= 15 is 0 Å². The van der Waals surface area contributed by atoms with Gasteiger partial charge in [0, 0.05) is 22.5 Å². The first-order valence-corrected chi connectivity index (χ1v) is 22.1. The minimum atomic E-state index is -0.654. The number of hydrogen-bond donors (Lipinski definition) is 0. The van der Waals surface area contributed by atoms with Crippen molar-refractivity contribution in [1.82, 2.24) is 0 Å². The van der Waals surface area contributed by atoms with Crippen molar-refractivity contribution in [2.45, 2.75) is 115 Å². The van der Waals surface area contributed by atoms with Crippen LogP contribution in [0, 0.1) is 41.4 Å². The summed E-state index contributed by atoms with van der Waals surface area (Å²) < 4.78 is 0. The molecule has 0 bridgehead atoms. The number of fused-ring (bicyclic) bond motifs is 3. The van der Waals surface area contributed by atoms with Crippen LogP contribution in [-0.2, 0) is 0 Å². The molecule has 6 rings (SSSR count). The molecule has 0 radical (unpaired) electrons. The molecule has 4 fully saturated rings. The molecule has 12 unspecified atom stereocenters. The highest BCUT2D eigenvalue weighted by molar-refractivity contribution is 7.22. The van der Waals surface area contributed by atoms with Gasteiger partial charge in [-0.2, -0.15) is 0 Å². The van der Waals surface area contributed by atoms with Crippen LogP contribution < -0.4 is 0 Å². The van der Waals surface area contributed by atoms with Crippen LogP contribution in [0.5, 0.6) is 0 Å². The van der Waals surface area contributed by atoms with E-state index in [0.29, 0.717) is 0 Å². The zero-order valence-electron chi connectivity index (χ0n) is 23.2. The summed E-state index contributed by atoms with van der Waals surface area (Å²) in [5.74, 6) is 7.95. The molecule has 0 nitrogen and oxygen atoms in total. The number of unbranched alkanes of at least 4 members (excludes halogenated alkanes) is 1. The predicted molar refractivity (Wildman–Crippen MR) is 158 cm³/mol. The smallest absolute Gasteiger partial charge is 0.0288 e. The summed E-state index contributed by atoms with van der Waals surface area (Å²) in [6.07, 6.45) is 22.2. The van der Waals surface area contributed by atoms with Gasteiger partial charge in [0.15, 0.2) is 0 Å². The third-order valence-corrected chi connectivity index (χ3v) is 26.7. The number of rotatable bonds is 7. The fraction of sp³-hybridized carbons (Fsp3) is 0.758. The minimum Gasteiger partial charge on any atom is -0.0761 e. The predicted octanol–water partition coefficient (Wildman–Crippen LogP) is 9.03. The van der Waals surface area contributed by atoms with E-state index in [-0.39, 0.29) is 0 Å². The Morgan fingerprint density at radius 3 is 2.60 bits per heavy atom. The first-order chi connectivity index (χ1) is 17.1. The fourth-order valence-corrected chi connectivity index (χ4v) is 24.2. The van der Waals surface area contributed by atoms with Crippen LogP contribution in [0.3, 0.4) is 0 Å². The Labute approximate surface area is 219 Å². The molecule has 2 heteroatoms. The number of hydrogen-bond acceptors (Lipinski definition) is 0. The second kappa shape index (κ2) is 10.3. The lowest BCUT2D eigenvalue weighted by atomic mass is 9.59. The van der Waals surface area contributed by atoms with Crippen molar-refractivity contribution in [3.63, 3.8) is 0 Å². The molecule has 0 N–H and O–H groups in total. The van der Waals surface area contributed by atoms with Gasteiger partial charge in [0.1, 0.15) is 0 Å². The van der Waals surface area contributed by atoms with E-state index in [4.69, 9.17) is 0 Å². The van der Waals surface area contributed by atoms with Crippen LogP contribution in [0.25, 0.3) is 6.08 Å². The molecule has 0 spiro atoms. The molecular formula is C33H52Si2. The van der Waals surface area contributed by atoms with Crippen LogP contribution in [-0.4, -0.2) is 16.6 Å². The van der Waals surface area contributed by atoms with E-state index in [1.54, 1.807) is 44.1 Å². The lowest BCUT2D eigenvalue weighted by Gasteiger charge is -2.48. The van der Waals surface area contributed by atoms with E-state index in [2.05, 4.69) is 63.4 Å². The molecule has 5 aliphatic rings. The average Bonchev–Trinajstić information content (AvgIpc) is 3.65. The van der Waals surface area contributed by atoms with Gasteiger partial charge >= 0.3 is 0 Å². The number of benzene rings is 1.